The van der Waals surface area contributed by atoms with Crippen molar-refractivity contribution in [2.75, 3.05) is 5.32 Å². The van der Waals surface area contributed by atoms with Gasteiger partial charge in [-0.25, -0.2) is 4.98 Å². The third kappa shape index (κ3) is 6.31. The molecule has 0 aliphatic rings. The summed E-state index contributed by atoms with van der Waals surface area (Å²) in [5.41, 5.74) is 3.46. The molecule has 3 rings (SSSR count). The fraction of sp³-hybridized carbons (Fsp3) is 0.261. The number of oxime groups is 1. The number of nitrogens with zero attached hydrogens (tertiary/aromatic N) is 2. The summed E-state index contributed by atoms with van der Waals surface area (Å²) >= 11 is 0. The molecule has 0 atom stereocenters. The molecule has 0 radical (unpaired) electrons. The van der Waals surface area contributed by atoms with E-state index in [0.29, 0.717) is 24.4 Å². The number of unbranched alkanes of at least 4 members (excludes halogenated alkanes) is 3. The molecule has 2 N–H and O–H groups in total. The van der Waals surface area contributed by atoms with Gasteiger partial charge in [-0.2, -0.15) is 0 Å². The monoisotopic (exact) mass is 391 g/mol. The summed E-state index contributed by atoms with van der Waals surface area (Å²) in [6.07, 6.45) is 7.59. The molecule has 0 saturated carbocycles. The summed E-state index contributed by atoms with van der Waals surface area (Å²) in [6.45, 7) is 0. The summed E-state index contributed by atoms with van der Waals surface area (Å²) in [5, 5.41) is 15.3. The van der Waals surface area contributed by atoms with Crippen LogP contribution in [0.3, 0.4) is 0 Å². The Morgan fingerprint density at radius 2 is 1.72 bits per heavy atom. The zero-order chi connectivity index (χ0) is 20.3. The number of carbonyl (C=O) groups is 1. The van der Waals surface area contributed by atoms with E-state index >= 15 is 0 Å². The minimum Gasteiger partial charge on any atom is -0.443 e. The Balaban J connectivity index is 1.36. The highest BCUT2D eigenvalue weighted by Gasteiger charge is 2.09. The molecular weight excluding hydrogens is 366 g/mol. The van der Waals surface area contributed by atoms with Crippen molar-refractivity contribution in [3.8, 4) is 11.1 Å². The smallest absolute Gasteiger partial charge is 0.244 e. The molecule has 1 amide bonds. The van der Waals surface area contributed by atoms with Crippen LogP contribution in [0.25, 0.3) is 11.1 Å². The Morgan fingerprint density at radius 3 is 2.45 bits per heavy atom. The number of rotatable bonds is 10. The number of oxazole rings is 1. The highest BCUT2D eigenvalue weighted by atomic mass is 16.4. The highest BCUT2D eigenvalue weighted by molar-refractivity contribution is 5.96. The number of benzene rings is 2. The molecule has 0 bridgehead atoms. The van der Waals surface area contributed by atoms with Crippen LogP contribution in [0.1, 0.15) is 44.4 Å². The zero-order valence-corrected chi connectivity index (χ0v) is 16.3. The van der Waals surface area contributed by atoms with E-state index in [1.165, 1.54) is 12.5 Å². The third-order valence-corrected chi connectivity index (χ3v) is 4.62. The van der Waals surface area contributed by atoms with Gasteiger partial charge in [0, 0.05) is 12.1 Å². The highest BCUT2D eigenvalue weighted by Crippen LogP contribution is 2.22. The van der Waals surface area contributed by atoms with Crippen LogP contribution in [-0.2, 0) is 4.79 Å². The Bertz CT molecular complexity index is 922. The van der Waals surface area contributed by atoms with Gasteiger partial charge < -0.3 is 14.9 Å². The standard InChI is InChI=1S/C23H25N3O3/c27-22(14-7-2-1-6-13-21(26-28)23-24-15-16-29-23)25-20-12-8-11-19(17-20)18-9-4-3-5-10-18/h3-5,8-12,15-17,28H,1-2,6-7,13-14H2,(H,25,27). The fourth-order valence-electron chi connectivity index (χ4n) is 3.13. The molecule has 0 fully saturated rings. The average molecular weight is 391 g/mol. The fourth-order valence-corrected chi connectivity index (χ4v) is 3.13. The van der Waals surface area contributed by atoms with Crippen LogP contribution >= 0.6 is 0 Å². The van der Waals surface area contributed by atoms with Crippen LogP contribution in [0.2, 0.25) is 0 Å². The van der Waals surface area contributed by atoms with E-state index in [-0.39, 0.29) is 5.91 Å². The van der Waals surface area contributed by atoms with E-state index in [1.54, 1.807) is 0 Å². The molecule has 150 valence electrons. The topological polar surface area (TPSA) is 87.7 Å². The summed E-state index contributed by atoms with van der Waals surface area (Å²) in [4.78, 5) is 16.2. The van der Waals surface area contributed by atoms with E-state index in [2.05, 4.69) is 27.6 Å². The third-order valence-electron chi connectivity index (χ3n) is 4.62. The molecule has 1 heterocycles. The van der Waals surface area contributed by atoms with Crippen LogP contribution < -0.4 is 5.32 Å². The molecule has 2 aromatic carbocycles. The average Bonchev–Trinajstić information content (AvgIpc) is 3.29. The summed E-state index contributed by atoms with van der Waals surface area (Å²) in [7, 11) is 0. The SMILES string of the molecule is O=C(CCCCCCC(=NO)c1ncco1)Nc1cccc(-c2ccccc2)c1. The van der Waals surface area contributed by atoms with E-state index in [4.69, 9.17) is 9.62 Å². The predicted octanol–water partition coefficient (Wildman–Crippen LogP) is 5.50. The predicted molar refractivity (Wildman–Crippen MR) is 113 cm³/mol. The van der Waals surface area contributed by atoms with Gasteiger partial charge in [-0.15, -0.1) is 0 Å². The lowest BCUT2D eigenvalue weighted by Crippen LogP contribution is -2.11. The first-order chi connectivity index (χ1) is 14.3. The number of nitrogens with one attached hydrogen (secondary N) is 1. The van der Waals surface area contributed by atoms with Crippen molar-refractivity contribution in [1.82, 2.24) is 4.98 Å². The van der Waals surface area contributed by atoms with Crippen molar-refractivity contribution < 1.29 is 14.4 Å². The molecule has 0 saturated heterocycles. The first-order valence-corrected chi connectivity index (χ1v) is 9.82. The molecule has 0 aliphatic carbocycles. The van der Waals surface area contributed by atoms with Gasteiger partial charge in [0.15, 0.2) is 0 Å². The number of carbonyl (C=O) groups excluding carboxylic acids is 1. The summed E-state index contributed by atoms with van der Waals surface area (Å²) < 4.78 is 5.13. The molecule has 0 spiro atoms. The summed E-state index contributed by atoms with van der Waals surface area (Å²) in [5.74, 6) is 0.372. The Hall–Kier alpha value is -3.41. The van der Waals surface area contributed by atoms with Crippen LogP contribution in [0, 0.1) is 0 Å². The van der Waals surface area contributed by atoms with E-state index in [9.17, 15) is 4.79 Å². The Labute approximate surface area is 170 Å². The first kappa shape index (κ1) is 20.3. The maximum Gasteiger partial charge on any atom is 0.244 e. The number of anilines is 1. The largest absolute Gasteiger partial charge is 0.443 e. The van der Waals surface area contributed by atoms with Crippen molar-refractivity contribution in [1.29, 1.82) is 0 Å². The van der Waals surface area contributed by atoms with Gasteiger partial charge >= 0.3 is 0 Å². The first-order valence-electron chi connectivity index (χ1n) is 9.82. The van der Waals surface area contributed by atoms with Gasteiger partial charge in [0.1, 0.15) is 12.0 Å². The second-order valence-electron chi connectivity index (χ2n) is 6.79. The van der Waals surface area contributed by atoms with Crippen molar-refractivity contribution in [3.63, 3.8) is 0 Å². The van der Waals surface area contributed by atoms with Gasteiger partial charge in [0.05, 0.1) is 6.20 Å². The number of hydrogen-bond donors (Lipinski definition) is 2. The molecule has 3 aromatic rings. The Kier molecular flexibility index (Phi) is 7.57. The van der Waals surface area contributed by atoms with Gasteiger partial charge in [-0.3, -0.25) is 4.79 Å². The number of amides is 1. The molecule has 6 heteroatoms. The van der Waals surface area contributed by atoms with Crippen LogP contribution in [-0.4, -0.2) is 21.8 Å². The number of hydrogen-bond acceptors (Lipinski definition) is 5. The lowest BCUT2D eigenvalue weighted by atomic mass is 10.1. The molecule has 29 heavy (non-hydrogen) atoms. The minimum absolute atomic E-state index is 0.0209. The maximum atomic E-state index is 12.2. The van der Waals surface area contributed by atoms with Crippen LogP contribution in [0.4, 0.5) is 5.69 Å². The van der Waals surface area contributed by atoms with Gasteiger partial charge in [0.25, 0.3) is 0 Å². The van der Waals surface area contributed by atoms with Crippen molar-refractivity contribution in [2.45, 2.75) is 38.5 Å². The molecule has 0 unspecified atom stereocenters. The number of aromatic nitrogens is 1. The van der Waals surface area contributed by atoms with Gasteiger partial charge in [-0.1, -0.05) is 60.5 Å². The minimum atomic E-state index is 0.0209. The second-order valence-corrected chi connectivity index (χ2v) is 6.79. The van der Waals surface area contributed by atoms with E-state index in [1.807, 2.05) is 42.5 Å². The second kappa shape index (κ2) is 10.8. The molecule has 6 nitrogen and oxygen atoms in total. The zero-order valence-electron chi connectivity index (χ0n) is 16.3. The van der Waals surface area contributed by atoms with Crippen molar-refractivity contribution >= 4 is 17.3 Å². The van der Waals surface area contributed by atoms with Crippen LogP contribution in [0.5, 0.6) is 0 Å². The molecular formula is C23H25N3O3. The molecule has 0 aliphatic heterocycles. The molecule has 1 aromatic heterocycles. The van der Waals surface area contributed by atoms with Gasteiger partial charge in [-0.05, 0) is 42.5 Å². The van der Waals surface area contributed by atoms with Crippen molar-refractivity contribution in [2.24, 2.45) is 5.16 Å². The van der Waals surface area contributed by atoms with E-state index in [0.717, 1.165) is 42.5 Å². The van der Waals surface area contributed by atoms with E-state index < -0.39 is 0 Å². The lowest BCUT2D eigenvalue weighted by molar-refractivity contribution is -0.116. The van der Waals surface area contributed by atoms with Gasteiger partial charge in [0.2, 0.25) is 11.8 Å². The maximum absolute atomic E-state index is 12.2. The van der Waals surface area contributed by atoms with Crippen molar-refractivity contribution in [3.05, 3.63) is 72.9 Å². The van der Waals surface area contributed by atoms with Crippen LogP contribution in [0.15, 0.2) is 76.6 Å². The lowest BCUT2D eigenvalue weighted by Gasteiger charge is -2.08. The quantitative estimate of drug-likeness (QED) is 0.207. The summed E-state index contributed by atoms with van der Waals surface area (Å²) in [6, 6.07) is 18.0. The normalized spacial score (nSPS) is 11.4. The Morgan fingerprint density at radius 1 is 0.966 bits per heavy atom.